The van der Waals surface area contributed by atoms with E-state index in [9.17, 15) is 4.79 Å². The number of nitrogens with one attached hydrogen (secondary N) is 1. The Morgan fingerprint density at radius 1 is 1.31 bits per heavy atom. The van der Waals surface area contributed by atoms with Crippen LogP contribution in [0.25, 0.3) is 0 Å². The minimum absolute atomic E-state index is 0.202. The van der Waals surface area contributed by atoms with Crippen molar-refractivity contribution < 1.29 is 4.79 Å². The number of hydrogen-bond acceptors (Lipinski definition) is 1. The highest BCUT2D eigenvalue weighted by Crippen LogP contribution is 2.63. The Morgan fingerprint density at radius 2 is 2.04 bits per heavy atom. The Balaban J connectivity index is 1.88. The van der Waals surface area contributed by atoms with Crippen LogP contribution in [0.4, 0.5) is 0 Å². The lowest BCUT2D eigenvalue weighted by Gasteiger charge is -2.58. The first-order chi connectivity index (χ1) is 12.1. The highest BCUT2D eigenvalue weighted by molar-refractivity contribution is 5.83. The van der Waals surface area contributed by atoms with Crippen LogP contribution < -0.4 is 5.32 Å². The van der Waals surface area contributed by atoms with E-state index in [1.807, 2.05) is 0 Å². The van der Waals surface area contributed by atoms with E-state index in [0.29, 0.717) is 23.7 Å². The fourth-order valence-electron chi connectivity index (χ4n) is 6.39. The highest BCUT2D eigenvalue weighted by Gasteiger charge is 2.57. The van der Waals surface area contributed by atoms with Crippen LogP contribution in [-0.4, -0.2) is 12.5 Å². The lowest BCUT2D eigenvalue weighted by atomic mass is 9.46. The van der Waals surface area contributed by atoms with E-state index in [2.05, 4.69) is 58.7 Å². The van der Waals surface area contributed by atoms with Crippen LogP contribution >= 0.6 is 0 Å². The normalized spacial score (nSPS) is 42.5. The molecule has 2 nitrogen and oxygen atoms in total. The number of hydrogen-bond donors (Lipinski definition) is 1. The van der Waals surface area contributed by atoms with Gasteiger partial charge in [0.15, 0.2) is 0 Å². The maximum Gasteiger partial charge on any atom is 0.226 e. The van der Waals surface area contributed by atoms with Gasteiger partial charge < -0.3 is 5.32 Å². The minimum Gasteiger partial charge on any atom is -0.355 e. The molecule has 0 heterocycles. The van der Waals surface area contributed by atoms with E-state index in [0.717, 1.165) is 19.4 Å². The molecular formula is C24H39NO. The molecule has 5 atom stereocenters. The molecular weight excluding hydrogens is 318 g/mol. The predicted octanol–water partition coefficient (Wildman–Crippen LogP) is 5.89. The molecule has 3 rings (SSSR count). The monoisotopic (exact) mass is 357 g/mol. The molecule has 2 saturated carbocycles. The van der Waals surface area contributed by atoms with Crippen molar-refractivity contribution in [2.45, 2.75) is 79.6 Å². The molecule has 3 aliphatic rings. The maximum absolute atomic E-state index is 13.2. The summed E-state index contributed by atoms with van der Waals surface area (Å²) in [5, 5.41) is 3.27. The third-order valence-corrected chi connectivity index (χ3v) is 8.02. The average molecular weight is 358 g/mol. The quantitative estimate of drug-likeness (QED) is 0.624. The van der Waals surface area contributed by atoms with Crippen molar-refractivity contribution in [2.75, 3.05) is 6.54 Å². The third kappa shape index (κ3) is 3.18. The summed E-state index contributed by atoms with van der Waals surface area (Å²) >= 11 is 0. The van der Waals surface area contributed by atoms with Crippen molar-refractivity contribution in [1.29, 1.82) is 0 Å². The number of allylic oxidation sites excluding steroid dienone is 3. The van der Waals surface area contributed by atoms with Crippen LogP contribution in [0.2, 0.25) is 0 Å². The summed E-state index contributed by atoms with van der Waals surface area (Å²) in [6.07, 6.45) is 12.9. The van der Waals surface area contributed by atoms with Crippen molar-refractivity contribution in [3.05, 3.63) is 24.3 Å². The van der Waals surface area contributed by atoms with E-state index in [1.165, 1.54) is 32.1 Å². The minimum atomic E-state index is -0.215. The Kier molecular flexibility index (Phi) is 5.18. The first kappa shape index (κ1) is 19.7. The van der Waals surface area contributed by atoms with E-state index in [4.69, 9.17) is 0 Å². The van der Waals surface area contributed by atoms with Gasteiger partial charge in [-0.15, -0.1) is 6.58 Å². The Bertz CT molecular complexity index is 605. The second kappa shape index (κ2) is 6.84. The van der Waals surface area contributed by atoms with Crippen molar-refractivity contribution >= 4 is 5.91 Å². The lowest BCUT2D eigenvalue weighted by Crippen LogP contribution is -2.55. The molecule has 0 aliphatic heterocycles. The van der Waals surface area contributed by atoms with Crippen molar-refractivity contribution in [1.82, 2.24) is 5.32 Å². The molecule has 26 heavy (non-hydrogen) atoms. The molecule has 1 amide bonds. The van der Waals surface area contributed by atoms with Crippen molar-refractivity contribution in [3.8, 4) is 0 Å². The molecule has 0 aromatic rings. The summed E-state index contributed by atoms with van der Waals surface area (Å²) in [4.78, 5) is 13.2. The summed E-state index contributed by atoms with van der Waals surface area (Å²) < 4.78 is 0. The van der Waals surface area contributed by atoms with Crippen molar-refractivity contribution in [2.24, 2.45) is 34.0 Å². The summed E-state index contributed by atoms with van der Waals surface area (Å²) in [6, 6.07) is 0. The maximum atomic E-state index is 13.2. The highest BCUT2D eigenvalue weighted by atomic mass is 16.2. The number of fused-ring (bicyclic) bond motifs is 3. The van der Waals surface area contributed by atoms with E-state index >= 15 is 0 Å². The van der Waals surface area contributed by atoms with Crippen LogP contribution in [-0.2, 0) is 4.79 Å². The predicted molar refractivity (Wildman–Crippen MR) is 110 cm³/mol. The zero-order chi connectivity index (χ0) is 19.2. The molecule has 2 fully saturated rings. The fraction of sp³-hybridized carbons (Fsp3) is 0.792. The molecule has 2 unspecified atom stereocenters. The Hall–Kier alpha value is -1.05. The molecule has 3 aliphatic carbocycles. The van der Waals surface area contributed by atoms with Gasteiger partial charge in [-0.25, -0.2) is 0 Å². The number of rotatable bonds is 4. The molecule has 2 heteroatoms. The van der Waals surface area contributed by atoms with Gasteiger partial charge >= 0.3 is 0 Å². The molecule has 0 aromatic carbocycles. The molecule has 0 bridgehead atoms. The average Bonchev–Trinajstić information content (AvgIpc) is 2.59. The molecule has 0 spiro atoms. The molecule has 146 valence electrons. The molecule has 0 aromatic heterocycles. The molecule has 0 radical (unpaired) electrons. The van der Waals surface area contributed by atoms with Crippen LogP contribution in [0.15, 0.2) is 24.3 Å². The standard InChI is InChI=1S/C24H39NO/c1-7-22(4)14-11-19-18(15-22)9-10-20-23(19,5)12-8-13-24(20,6)21(26)25-16-17(2)3/h7,11,17-18,20H,1,8-10,12-16H2,2-6H3,(H,25,26)/t18?,20?,22-,23-,24+/m1/s1. The number of carbonyl (C=O) groups is 1. The summed E-state index contributed by atoms with van der Waals surface area (Å²) in [7, 11) is 0. The lowest BCUT2D eigenvalue weighted by molar-refractivity contribution is -0.142. The van der Waals surface area contributed by atoms with Gasteiger partial charge in [-0.05, 0) is 67.1 Å². The van der Waals surface area contributed by atoms with Gasteiger partial charge in [0.05, 0.1) is 0 Å². The largest absolute Gasteiger partial charge is 0.355 e. The second-order valence-corrected chi connectivity index (χ2v) is 10.5. The Morgan fingerprint density at radius 3 is 2.69 bits per heavy atom. The van der Waals surface area contributed by atoms with Gasteiger partial charge in [0.1, 0.15) is 0 Å². The zero-order valence-electron chi connectivity index (χ0n) is 17.7. The van der Waals surface area contributed by atoms with Crippen LogP contribution in [0.1, 0.15) is 79.6 Å². The van der Waals surface area contributed by atoms with Gasteiger partial charge in [0, 0.05) is 12.0 Å². The van der Waals surface area contributed by atoms with Gasteiger partial charge in [0.2, 0.25) is 5.91 Å². The van der Waals surface area contributed by atoms with Gasteiger partial charge in [0.25, 0.3) is 0 Å². The topological polar surface area (TPSA) is 29.1 Å². The first-order valence-electron chi connectivity index (χ1n) is 10.8. The Labute approximate surface area is 160 Å². The molecule has 1 N–H and O–H groups in total. The van der Waals surface area contributed by atoms with E-state index in [-0.39, 0.29) is 16.2 Å². The van der Waals surface area contributed by atoms with Gasteiger partial charge in [-0.3, -0.25) is 4.79 Å². The summed E-state index contributed by atoms with van der Waals surface area (Å²) in [6.45, 7) is 16.3. The SMILES string of the molecule is C=C[C@]1(C)CC=C2C(CCC3[C@@](C)(C(=O)NCC(C)C)CCC[C@]23C)C1. The summed E-state index contributed by atoms with van der Waals surface area (Å²) in [5.74, 6) is 1.97. The van der Waals surface area contributed by atoms with E-state index in [1.54, 1.807) is 5.57 Å². The smallest absolute Gasteiger partial charge is 0.226 e. The van der Waals surface area contributed by atoms with E-state index < -0.39 is 0 Å². The molecule has 0 saturated heterocycles. The van der Waals surface area contributed by atoms with Crippen LogP contribution in [0.5, 0.6) is 0 Å². The zero-order valence-corrected chi connectivity index (χ0v) is 17.7. The van der Waals surface area contributed by atoms with Crippen molar-refractivity contribution in [3.63, 3.8) is 0 Å². The fourth-order valence-corrected chi connectivity index (χ4v) is 6.39. The first-order valence-corrected chi connectivity index (χ1v) is 10.8. The van der Waals surface area contributed by atoms with Crippen LogP contribution in [0, 0.1) is 34.0 Å². The van der Waals surface area contributed by atoms with Gasteiger partial charge in [-0.1, -0.05) is 58.8 Å². The number of amides is 1. The van der Waals surface area contributed by atoms with Crippen LogP contribution in [0.3, 0.4) is 0 Å². The third-order valence-electron chi connectivity index (χ3n) is 8.02. The number of carbonyl (C=O) groups excluding carboxylic acids is 1. The summed E-state index contributed by atoms with van der Waals surface area (Å²) in [5.41, 5.74) is 1.92. The second-order valence-electron chi connectivity index (χ2n) is 10.5. The van der Waals surface area contributed by atoms with Gasteiger partial charge in [-0.2, -0.15) is 0 Å².